The molecule has 0 aliphatic carbocycles. The molecule has 0 aromatic heterocycles. The summed E-state index contributed by atoms with van der Waals surface area (Å²) >= 11 is 0. The predicted octanol–water partition coefficient (Wildman–Crippen LogP) is 4.21. The highest BCUT2D eigenvalue weighted by molar-refractivity contribution is 5.48. The SMILES string of the molecule is CC[C@H](N)c1ccc(N(CC(C)C)CC(C)C)cc1. The lowest BCUT2D eigenvalue weighted by atomic mass is 10.0. The minimum atomic E-state index is 0.165. The minimum absolute atomic E-state index is 0.165. The molecule has 1 rings (SSSR count). The second-order valence-corrected chi connectivity index (χ2v) is 6.30. The summed E-state index contributed by atoms with van der Waals surface area (Å²) < 4.78 is 0. The lowest BCUT2D eigenvalue weighted by molar-refractivity contribution is 0.552. The van der Waals surface area contributed by atoms with Crippen molar-refractivity contribution in [1.29, 1.82) is 0 Å². The first kappa shape index (κ1) is 16.0. The molecule has 19 heavy (non-hydrogen) atoms. The van der Waals surface area contributed by atoms with Crippen LogP contribution in [0, 0.1) is 11.8 Å². The molecule has 0 fully saturated rings. The van der Waals surface area contributed by atoms with E-state index in [-0.39, 0.29) is 6.04 Å². The summed E-state index contributed by atoms with van der Waals surface area (Å²) in [5.74, 6) is 1.35. The van der Waals surface area contributed by atoms with Crippen LogP contribution in [0.2, 0.25) is 0 Å². The van der Waals surface area contributed by atoms with Crippen molar-refractivity contribution in [2.24, 2.45) is 17.6 Å². The molecule has 0 heterocycles. The molecule has 108 valence electrons. The molecule has 0 unspecified atom stereocenters. The molecule has 0 amide bonds. The van der Waals surface area contributed by atoms with E-state index in [0.717, 1.165) is 19.5 Å². The normalized spacial score (nSPS) is 13.1. The molecule has 2 nitrogen and oxygen atoms in total. The zero-order valence-electron chi connectivity index (χ0n) is 13.2. The highest BCUT2D eigenvalue weighted by Crippen LogP contribution is 2.21. The van der Waals surface area contributed by atoms with Gasteiger partial charge in [0.15, 0.2) is 0 Å². The monoisotopic (exact) mass is 262 g/mol. The molecular weight excluding hydrogens is 232 g/mol. The Hall–Kier alpha value is -1.02. The molecule has 0 saturated heterocycles. The van der Waals surface area contributed by atoms with Crippen LogP contribution in [0.3, 0.4) is 0 Å². The fourth-order valence-electron chi connectivity index (χ4n) is 2.33. The van der Waals surface area contributed by atoms with Crippen molar-refractivity contribution in [3.05, 3.63) is 29.8 Å². The summed E-state index contributed by atoms with van der Waals surface area (Å²) in [6.45, 7) is 13.4. The van der Waals surface area contributed by atoms with Crippen LogP contribution in [0.25, 0.3) is 0 Å². The average molecular weight is 262 g/mol. The first-order chi connectivity index (χ1) is 8.93. The summed E-state index contributed by atoms with van der Waals surface area (Å²) in [4.78, 5) is 2.48. The van der Waals surface area contributed by atoms with Gasteiger partial charge < -0.3 is 10.6 Å². The maximum absolute atomic E-state index is 6.07. The first-order valence-electron chi connectivity index (χ1n) is 7.54. The van der Waals surface area contributed by atoms with E-state index < -0.39 is 0 Å². The Kier molecular flexibility index (Phi) is 6.36. The summed E-state index contributed by atoms with van der Waals surface area (Å²) in [6.07, 6.45) is 0.987. The van der Waals surface area contributed by atoms with Crippen LogP contribution in [0.1, 0.15) is 52.6 Å². The van der Waals surface area contributed by atoms with Crippen molar-refractivity contribution in [1.82, 2.24) is 0 Å². The average Bonchev–Trinajstić information content (AvgIpc) is 2.36. The number of anilines is 1. The van der Waals surface area contributed by atoms with E-state index in [1.54, 1.807) is 0 Å². The second kappa shape index (κ2) is 7.54. The lowest BCUT2D eigenvalue weighted by Crippen LogP contribution is -2.31. The molecule has 0 radical (unpaired) electrons. The Morgan fingerprint density at radius 1 is 0.947 bits per heavy atom. The third-order valence-corrected chi connectivity index (χ3v) is 3.30. The van der Waals surface area contributed by atoms with Crippen LogP contribution >= 0.6 is 0 Å². The van der Waals surface area contributed by atoms with Gasteiger partial charge in [0.05, 0.1) is 0 Å². The van der Waals surface area contributed by atoms with Gasteiger partial charge in [-0.1, -0.05) is 46.8 Å². The zero-order valence-corrected chi connectivity index (χ0v) is 13.2. The highest BCUT2D eigenvalue weighted by Gasteiger charge is 2.11. The Morgan fingerprint density at radius 2 is 1.42 bits per heavy atom. The predicted molar refractivity (Wildman–Crippen MR) is 85.6 cm³/mol. The largest absolute Gasteiger partial charge is 0.371 e. The van der Waals surface area contributed by atoms with Gasteiger partial charge in [-0.2, -0.15) is 0 Å². The zero-order chi connectivity index (χ0) is 14.4. The van der Waals surface area contributed by atoms with Gasteiger partial charge in [0.1, 0.15) is 0 Å². The van der Waals surface area contributed by atoms with Gasteiger partial charge in [0, 0.05) is 24.8 Å². The van der Waals surface area contributed by atoms with Crippen LogP contribution in [0.15, 0.2) is 24.3 Å². The summed E-state index contributed by atoms with van der Waals surface area (Å²) in [7, 11) is 0. The third-order valence-electron chi connectivity index (χ3n) is 3.30. The van der Waals surface area contributed by atoms with E-state index in [0.29, 0.717) is 11.8 Å². The number of benzene rings is 1. The van der Waals surface area contributed by atoms with Crippen LogP contribution in [0.5, 0.6) is 0 Å². The number of nitrogens with two attached hydrogens (primary N) is 1. The summed E-state index contributed by atoms with van der Waals surface area (Å²) in [5.41, 5.74) is 8.62. The van der Waals surface area contributed by atoms with Gasteiger partial charge >= 0.3 is 0 Å². The smallest absolute Gasteiger partial charge is 0.0366 e. The van der Waals surface area contributed by atoms with E-state index in [2.05, 4.69) is 63.8 Å². The van der Waals surface area contributed by atoms with Crippen LogP contribution in [-0.4, -0.2) is 13.1 Å². The Morgan fingerprint density at radius 3 is 1.79 bits per heavy atom. The molecule has 1 atom stereocenters. The van der Waals surface area contributed by atoms with E-state index >= 15 is 0 Å². The number of hydrogen-bond donors (Lipinski definition) is 1. The van der Waals surface area contributed by atoms with Gasteiger partial charge in [-0.05, 0) is 36.0 Å². The topological polar surface area (TPSA) is 29.3 Å². The maximum Gasteiger partial charge on any atom is 0.0366 e. The van der Waals surface area contributed by atoms with Crippen molar-refractivity contribution >= 4 is 5.69 Å². The molecule has 0 bridgehead atoms. The first-order valence-corrected chi connectivity index (χ1v) is 7.54. The van der Waals surface area contributed by atoms with Crippen LogP contribution in [-0.2, 0) is 0 Å². The molecule has 2 heteroatoms. The van der Waals surface area contributed by atoms with Gasteiger partial charge in [0.2, 0.25) is 0 Å². The number of nitrogens with zero attached hydrogens (tertiary/aromatic N) is 1. The van der Waals surface area contributed by atoms with Gasteiger partial charge in [-0.15, -0.1) is 0 Å². The Labute approximate surface area is 119 Å². The van der Waals surface area contributed by atoms with E-state index in [1.165, 1.54) is 11.3 Å². The molecule has 0 aliphatic rings. The van der Waals surface area contributed by atoms with Crippen LogP contribution in [0.4, 0.5) is 5.69 Å². The van der Waals surface area contributed by atoms with Crippen molar-refractivity contribution in [3.63, 3.8) is 0 Å². The van der Waals surface area contributed by atoms with Crippen LogP contribution < -0.4 is 10.6 Å². The molecule has 0 saturated carbocycles. The molecule has 1 aromatic carbocycles. The van der Waals surface area contributed by atoms with Crippen molar-refractivity contribution in [2.75, 3.05) is 18.0 Å². The van der Waals surface area contributed by atoms with E-state index in [9.17, 15) is 0 Å². The molecule has 2 N–H and O–H groups in total. The molecular formula is C17H30N2. The highest BCUT2D eigenvalue weighted by atomic mass is 15.1. The second-order valence-electron chi connectivity index (χ2n) is 6.30. The summed E-state index contributed by atoms with van der Waals surface area (Å²) in [6, 6.07) is 8.96. The van der Waals surface area contributed by atoms with Crippen molar-refractivity contribution in [2.45, 2.75) is 47.1 Å². The van der Waals surface area contributed by atoms with Gasteiger partial charge in [0.25, 0.3) is 0 Å². The molecule has 0 aliphatic heterocycles. The van der Waals surface area contributed by atoms with E-state index in [4.69, 9.17) is 5.73 Å². The number of hydrogen-bond acceptors (Lipinski definition) is 2. The molecule has 0 spiro atoms. The number of rotatable bonds is 7. The quantitative estimate of drug-likeness (QED) is 0.797. The minimum Gasteiger partial charge on any atom is -0.371 e. The van der Waals surface area contributed by atoms with Crippen molar-refractivity contribution < 1.29 is 0 Å². The van der Waals surface area contributed by atoms with Gasteiger partial charge in [-0.25, -0.2) is 0 Å². The Balaban J connectivity index is 2.84. The third kappa shape index (κ3) is 5.23. The van der Waals surface area contributed by atoms with Gasteiger partial charge in [-0.3, -0.25) is 0 Å². The summed E-state index contributed by atoms with van der Waals surface area (Å²) in [5, 5.41) is 0. The standard InChI is InChI=1S/C17H30N2/c1-6-17(18)15-7-9-16(10-8-15)19(11-13(2)3)12-14(4)5/h7-10,13-14,17H,6,11-12,18H2,1-5H3/t17-/m0/s1. The van der Waals surface area contributed by atoms with E-state index in [1.807, 2.05) is 0 Å². The Bertz CT molecular complexity index is 344. The fourth-order valence-corrected chi connectivity index (χ4v) is 2.33. The molecule has 1 aromatic rings. The lowest BCUT2D eigenvalue weighted by Gasteiger charge is -2.29. The van der Waals surface area contributed by atoms with Crippen molar-refractivity contribution in [3.8, 4) is 0 Å². The maximum atomic E-state index is 6.07. The fraction of sp³-hybridized carbons (Fsp3) is 0.647.